The van der Waals surface area contributed by atoms with E-state index in [4.69, 9.17) is 11.6 Å². The van der Waals surface area contributed by atoms with Crippen molar-refractivity contribution in [3.05, 3.63) is 75.8 Å². The first-order valence-corrected chi connectivity index (χ1v) is 7.12. The van der Waals surface area contributed by atoms with Crippen LogP contribution < -0.4 is 0 Å². The zero-order valence-corrected chi connectivity index (χ0v) is 13.0. The predicted octanol–water partition coefficient (Wildman–Crippen LogP) is 6.27. The topological polar surface area (TPSA) is 17.1 Å². The minimum absolute atomic E-state index is 0.0261. The van der Waals surface area contributed by atoms with Crippen molar-refractivity contribution in [1.82, 2.24) is 0 Å². The molecule has 2 aromatic rings. The molecule has 0 heterocycles. The van der Waals surface area contributed by atoms with E-state index in [1.54, 1.807) is 0 Å². The Morgan fingerprint density at radius 2 is 1.32 bits per heavy atom. The van der Waals surface area contributed by atoms with Gasteiger partial charge in [-0.2, -0.15) is 26.3 Å². The molecule has 0 bridgehead atoms. The van der Waals surface area contributed by atoms with Crippen LogP contribution in [0, 0.1) is 0 Å². The van der Waals surface area contributed by atoms with E-state index in [0.717, 1.165) is 12.2 Å². The van der Waals surface area contributed by atoms with Gasteiger partial charge in [-0.15, -0.1) is 0 Å². The summed E-state index contributed by atoms with van der Waals surface area (Å²) in [5.74, 6) is -0.581. The highest BCUT2D eigenvalue weighted by Gasteiger charge is 2.36. The maximum absolute atomic E-state index is 12.8. The van der Waals surface area contributed by atoms with E-state index in [-0.39, 0.29) is 17.2 Å². The van der Waals surface area contributed by atoms with Crippen molar-refractivity contribution in [3.8, 4) is 0 Å². The van der Waals surface area contributed by atoms with Crippen LogP contribution in [0.5, 0.6) is 0 Å². The third-order valence-corrected chi connectivity index (χ3v) is 3.42. The molecule has 0 spiro atoms. The summed E-state index contributed by atoms with van der Waals surface area (Å²) in [5.41, 5.74) is -3.07. The van der Waals surface area contributed by atoms with E-state index >= 15 is 0 Å². The summed E-state index contributed by atoms with van der Waals surface area (Å²) in [6.07, 6.45) is -8.08. The highest BCUT2D eigenvalue weighted by molar-refractivity contribution is 6.30. The van der Waals surface area contributed by atoms with Crippen LogP contribution in [0.15, 0.2) is 48.5 Å². The second-order valence-corrected chi connectivity index (χ2v) is 5.48. The van der Waals surface area contributed by atoms with Gasteiger partial charge in [-0.3, -0.25) is 4.79 Å². The minimum Gasteiger partial charge on any atom is -0.289 e. The molecule has 1 nitrogen and oxygen atoms in total. The van der Waals surface area contributed by atoms with E-state index in [1.807, 2.05) is 0 Å². The zero-order valence-electron chi connectivity index (χ0n) is 12.3. The van der Waals surface area contributed by atoms with Crippen LogP contribution in [0.3, 0.4) is 0 Å². The van der Waals surface area contributed by atoms with Crippen molar-refractivity contribution in [2.24, 2.45) is 0 Å². The van der Waals surface area contributed by atoms with Crippen LogP contribution >= 0.6 is 11.6 Å². The van der Waals surface area contributed by atoms with E-state index < -0.39 is 29.3 Å². The van der Waals surface area contributed by atoms with Gasteiger partial charge in [-0.05, 0) is 54.1 Å². The number of halogens is 7. The minimum atomic E-state index is -4.94. The molecule has 25 heavy (non-hydrogen) atoms. The number of alkyl halides is 6. The lowest BCUT2D eigenvalue weighted by Gasteiger charge is -2.12. The SMILES string of the molecule is O=C(/C=C/c1cc(C(F)(F)F)cc(C(F)(F)F)c1)c1ccc(Cl)cc1. The van der Waals surface area contributed by atoms with Crippen LogP contribution in [0.1, 0.15) is 27.0 Å². The van der Waals surface area contributed by atoms with Gasteiger partial charge in [0, 0.05) is 10.6 Å². The van der Waals surface area contributed by atoms with E-state index in [9.17, 15) is 31.1 Å². The average molecular weight is 379 g/mol. The summed E-state index contributed by atoms with van der Waals surface area (Å²) in [6.45, 7) is 0. The number of carbonyl (C=O) groups is 1. The Labute approximate surface area is 143 Å². The van der Waals surface area contributed by atoms with Crippen molar-refractivity contribution < 1.29 is 31.1 Å². The quantitative estimate of drug-likeness (QED) is 0.349. The second kappa shape index (κ2) is 6.92. The summed E-state index contributed by atoms with van der Waals surface area (Å²) in [7, 11) is 0. The summed E-state index contributed by atoms with van der Waals surface area (Å²) in [4.78, 5) is 11.9. The Morgan fingerprint density at radius 3 is 1.76 bits per heavy atom. The largest absolute Gasteiger partial charge is 0.416 e. The van der Waals surface area contributed by atoms with Gasteiger partial charge >= 0.3 is 12.4 Å². The highest BCUT2D eigenvalue weighted by atomic mass is 35.5. The average Bonchev–Trinajstić information content (AvgIpc) is 2.51. The molecule has 132 valence electrons. The zero-order chi connectivity index (χ0) is 18.8. The summed E-state index contributed by atoms with van der Waals surface area (Å²) < 4.78 is 76.6. The Kier molecular flexibility index (Phi) is 5.27. The van der Waals surface area contributed by atoms with Crippen LogP contribution in [0.25, 0.3) is 6.08 Å². The molecular weight excluding hydrogens is 370 g/mol. The first-order chi connectivity index (χ1) is 11.5. The third kappa shape index (κ3) is 5.09. The lowest BCUT2D eigenvalue weighted by molar-refractivity contribution is -0.143. The van der Waals surface area contributed by atoms with Gasteiger partial charge in [0.25, 0.3) is 0 Å². The van der Waals surface area contributed by atoms with Crippen molar-refractivity contribution in [2.75, 3.05) is 0 Å². The van der Waals surface area contributed by atoms with Crippen molar-refractivity contribution in [3.63, 3.8) is 0 Å². The van der Waals surface area contributed by atoms with E-state index in [0.29, 0.717) is 17.2 Å². The molecule has 0 aromatic heterocycles. The molecule has 0 aliphatic carbocycles. The molecular formula is C17H9ClF6O. The molecule has 0 atom stereocenters. The number of carbonyl (C=O) groups excluding carboxylic acids is 1. The van der Waals surface area contributed by atoms with Crippen LogP contribution in [-0.2, 0) is 12.4 Å². The van der Waals surface area contributed by atoms with Crippen LogP contribution in [0.4, 0.5) is 26.3 Å². The molecule has 0 aliphatic rings. The highest BCUT2D eigenvalue weighted by Crippen LogP contribution is 2.36. The second-order valence-electron chi connectivity index (χ2n) is 5.04. The van der Waals surface area contributed by atoms with Crippen molar-refractivity contribution >= 4 is 23.5 Å². The fraction of sp³-hybridized carbons (Fsp3) is 0.118. The molecule has 2 aromatic carbocycles. The number of hydrogen-bond acceptors (Lipinski definition) is 1. The molecule has 0 fully saturated rings. The molecule has 0 saturated carbocycles. The first kappa shape index (κ1) is 19.1. The summed E-state index contributed by atoms with van der Waals surface area (Å²) in [6, 6.07) is 6.77. The number of hydrogen-bond donors (Lipinski definition) is 0. The molecule has 0 radical (unpaired) electrons. The third-order valence-electron chi connectivity index (χ3n) is 3.17. The Balaban J connectivity index is 2.37. The fourth-order valence-electron chi connectivity index (χ4n) is 1.96. The first-order valence-electron chi connectivity index (χ1n) is 6.74. The maximum atomic E-state index is 12.8. The van der Waals surface area contributed by atoms with Gasteiger partial charge in [-0.1, -0.05) is 17.7 Å². The fourth-order valence-corrected chi connectivity index (χ4v) is 2.08. The van der Waals surface area contributed by atoms with Gasteiger partial charge in [0.05, 0.1) is 11.1 Å². The van der Waals surface area contributed by atoms with Gasteiger partial charge < -0.3 is 0 Å². The van der Waals surface area contributed by atoms with Crippen LogP contribution in [0.2, 0.25) is 5.02 Å². The predicted molar refractivity (Wildman–Crippen MR) is 81.3 cm³/mol. The molecule has 0 N–H and O–H groups in total. The monoisotopic (exact) mass is 378 g/mol. The van der Waals surface area contributed by atoms with E-state index in [2.05, 4.69) is 0 Å². The number of benzene rings is 2. The maximum Gasteiger partial charge on any atom is 0.416 e. The van der Waals surface area contributed by atoms with Gasteiger partial charge in [0.15, 0.2) is 5.78 Å². The van der Waals surface area contributed by atoms with Crippen molar-refractivity contribution in [2.45, 2.75) is 12.4 Å². The van der Waals surface area contributed by atoms with Crippen LogP contribution in [-0.4, -0.2) is 5.78 Å². The molecule has 0 aliphatic heterocycles. The van der Waals surface area contributed by atoms with Gasteiger partial charge in [0.2, 0.25) is 0 Å². The number of rotatable bonds is 3. The van der Waals surface area contributed by atoms with Gasteiger partial charge in [0.1, 0.15) is 0 Å². The molecule has 8 heteroatoms. The number of allylic oxidation sites excluding steroid dienone is 1. The molecule has 0 saturated heterocycles. The Bertz CT molecular complexity index is 771. The van der Waals surface area contributed by atoms with Gasteiger partial charge in [-0.25, -0.2) is 0 Å². The Morgan fingerprint density at radius 1 is 0.840 bits per heavy atom. The Hall–Kier alpha value is -2.28. The standard InChI is InChI=1S/C17H9ClF6O/c18-14-4-2-11(3-5-14)15(25)6-1-10-7-12(16(19,20)21)9-13(8-10)17(22,23)24/h1-9H/b6-1+. The molecule has 0 unspecified atom stereocenters. The smallest absolute Gasteiger partial charge is 0.289 e. The summed E-state index contributed by atoms with van der Waals surface area (Å²) in [5, 5.41) is 0.383. The number of ketones is 1. The van der Waals surface area contributed by atoms with Crippen molar-refractivity contribution in [1.29, 1.82) is 0 Å². The lowest BCUT2D eigenvalue weighted by Crippen LogP contribution is -2.11. The van der Waals surface area contributed by atoms with E-state index in [1.165, 1.54) is 24.3 Å². The lowest BCUT2D eigenvalue weighted by atomic mass is 10.0. The molecule has 0 amide bonds. The molecule has 2 rings (SSSR count). The summed E-state index contributed by atoms with van der Waals surface area (Å²) >= 11 is 5.67. The normalized spacial score (nSPS) is 12.6.